The normalized spacial score (nSPS) is 20.7. The zero-order valence-electron chi connectivity index (χ0n) is 6.76. The lowest BCUT2D eigenvalue weighted by atomic mass is 10.0. The monoisotopic (exact) mass is 246 g/mol. The van der Waals surface area contributed by atoms with Gasteiger partial charge in [-0.2, -0.15) is 0 Å². The fourth-order valence-corrected chi connectivity index (χ4v) is 1.69. The highest BCUT2D eigenvalue weighted by molar-refractivity contribution is 9.10. The average Bonchev–Trinajstić information content (AvgIpc) is 2.09. The van der Waals surface area contributed by atoms with Crippen molar-refractivity contribution in [1.29, 1.82) is 0 Å². The predicted octanol–water partition coefficient (Wildman–Crippen LogP) is 2.40. The summed E-state index contributed by atoms with van der Waals surface area (Å²) in [7, 11) is 0. The van der Waals surface area contributed by atoms with Gasteiger partial charge in [0.1, 0.15) is 11.6 Å². The summed E-state index contributed by atoms with van der Waals surface area (Å²) in [5, 5.41) is 9.51. The van der Waals surface area contributed by atoms with Crippen LogP contribution >= 0.6 is 15.9 Å². The molecule has 0 aromatic heterocycles. The van der Waals surface area contributed by atoms with E-state index < -0.39 is 6.10 Å². The first-order chi connectivity index (χ1) is 6.18. The molecule has 0 amide bonds. The largest absolute Gasteiger partial charge is 0.493 e. The fraction of sp³-hybridized carbons (Fsp3) is 0.333. The van der Waals surface area contributed by atoms with Crippen molar-refractivity contribution < 1.29 is 14.2 Å². The summed E-state index contributed by atoms with van der Waals surface area (Å²) in [6.45, 7) is 0.478. The first-order valence-electron chi connectivity index (χ1n) is 3.98. The van der Waals surface area contributed by atoms with Gasteiger partial charge in [-0.3, -0.25) is 0 Å². The minimum atomic E-state index is -0.605. The van der Waals surface area contributed by atoms with E-state index in [0.717, 1.165) is 0 Å². The van der Waals surface area contributed by atoms with Gasteiger partial charge >= 0.3 is 0 Å². The van der Waals surface area contributed by atoms with Crippen LogP contribution in [-0.2, 0) is 0 Å². The van der Waals surface area contributed by atoms with Gasteiger partial charge in [0, 0.05) is 12.0 Å². The van der Waals surface area contributed by atoms with E-state index in [9.17, 15) is 9.50 Å². The molecule has 0 spiro atoms. The van der Waals surface area contributed by atoms with E-state index in [1.54, 1.807) is 6.07 Å². The number of rotatable bonds is 0. The van der Waals surface area contributed by atoms with Crippen LogP contribution in [0.5, 0.6) is 5.75 Å². The number of benzene rings is 1. The number of hydrogen-bond donors (Lipinski definition) is 1. The Labute approximate surface area is 83.5 Å². The summed E-state index contributed by atoms with van der Waals surface area (Å²) < 4.78 is 18.7. The maximum atomic E-state index is 13.1. The van der Waals surface area contributed by atoms with Gasteiger partial charge in [-0.15, -0.1) is 0 Å². The number of aliphatic hydroxyl groups excluding tert-OH is 1. The summed E-state index contributed by atoms with van der Waals surface area (Å²) in [4.78, 5) is 0. The molecule has 0 aliphatic carbocycles. The lowest BCUT2D eigenvalue weighted by Gasteiger charge is -2.22. The van der Waals surface area contributed by atoms with E-state index in [1.807, 2.05) is 0 Å². The van der Waals surface area contributed by atoms with Crippen LogP contribution in [0.1, 0.15) is 18.1 Å². The average molecular weight is 247 g/mol. The molecule has 2 rings (SSSR count). The molecular weight excluding hydrogens is 239 g/mol. The van der Waals surface area contributed by atoms with Crippen molar-refractivity contribution in [1.82, 2.24) is 0 Å². The number of ether oxygens (including phenoxy) is 1. The molecule has 2 nitrogen and oxygen atoms in total. The Kier molecular flexibility index (Phi) is 2.26. The molecule has 1 aromatic rings. The lowest BCUT2D eigenvalue weighted by Crippen LogP contribution is -2.14. The minimum Gasteiger partial charge on any atom is -0.493 e. The van der Waals surface area contributed by atoms with Crippen LogP contribution in [-0.4, -0.2) is 11.7 Å². The summed E-state index contributed by atoms with van der Waals surface area (Å²) in [6, 6.07) is 2.86. The van der Waals surface area contributed by atoms with E-state index in [4.69, 9.17) is 4.74 Å². The smallest absolute Gasteiger partial charge is 0.138 e. The third-order valence-electron chi connectivity index (χ3n) is 2.06. The summed E-state index contributed by atoms with van der Waals surface area (Å²) in [5.41, 5.74) is 0.534. The van der Waals surface area contributed by atoms with E-state index in [-0.39, 0.29) is 5.82 Å². The SMILES string of the molecule is O[C@@H]1CCOc2cc(Br)c(F)cc21. The highest BCUT2D eigenvalue weighted by Crippen LogP contribution is 2.35. The van der Waals surface area contributed by atoms with Gasteiger partial charge < -0.3 is 9.84 Å². The van der Waals surface area contributed by atoms with Crippen molar-refractivity contribution >= 4 is 15.9 Å². The zero-order chi connectivity index (χ0) is 9.42. The molecule has 0 saturated heterocycles. The van der Waals surface area contributed by atoms with Gasteiger partial charge in [0.05, 0.1) is 17.2 Å². The van der Waals surface area contributed by atoms with E-state index in [2.05, 4.69) is 15.9 Å². The fourth-order valence-electron chi connectivity index (χ4n) is 1.37. The number of halogens is 2. The predicted molar refractivity (Wildman–Crippen MR) is 49.2 cm³/mol. The molecule has 4 heteroatoms. The Hall–Kier alpha value is -0.610. The molecular formula is C9H8BrFO2. The first kappa shape index (κ1) is 8.97. The molecule has 0 radical (unpaired) electrons. The third kappa shape index (κ3) is 1.56. The van der Waals surface area contributed by atoms with Crippen molar-refractivity contribution in [3.05, 3.63) is 28.0 Å². The molecule has 1 aliphatic heterocycles. The molecule has 70 valence electrons. The highest BCUT2D eigenvalue weighted by Gasteiger charge is 2.20. The second-order valence-corrected chi connectivity index (χ2v) is 3.81. The standard InChI is InChI=1S/C9H8BrFO2/c10-6-4-9-5(3-7(6)11)8(12)1-2-13-9/h3-4,8,12H,1-2H2/t8-/m1/s1. The van der Waals surface area contributed by atoms with Crippen LogP contribution in [0.4, 0.5) is 4.39 Å². The first-order valence-corrected chi connectivity index (χ1v) is 4.77. The second kappa shape index (κ2) is 3.27. The van der Waals surface area contributed by atoms with Crippen molar-refractivity contribution in [3.63, 3.8) is 0 Å². The second-order valence-electron chi connectivity index (χ2n) is 2.96. The van der Waals surface area contributed by atoms with Crippen LogP contribution in [0.25, 0.3) is 0 Å². The molecule has 0 bridgehead atoms. The molecule has 1 heterocycles. The molecule has 1 aliphatic rings. The summed E-state index contributed by atoms with van der Waals surface area (Å²) >= 11 is 3.06. The molecule has 0 fully saturated rings. The topological polar surface area (TPSA) is 29.5 Å². The van der Waals surface area contributed by atoms with Crippen LogP contribution in [0, 0.1) is 5.82 Å². The maximum Gasteiger partial charge on any atom is 0.138 e. The molecule has 0 saturated carbocycles. The minimum absolute atomic E-state index is 0.361. The van der Waals surface area contributed by atoms with Gasteiger partial charge in [0.15, 0.2) is 0 Å². The van der Waals surface area contributed by atoms with Crippen molar-refractivity contribution in [2.24, 2.45) is 0 Å². The summed E-state index contributed by atoms with van der Waals surface area (Å²) in [5.74, 6) is 0.190. The van der Waals surface area contributed by atoms with Gasteiger partial charge in [-0.25, -0.2) is 4.39 Å². The van der Waals surface area contributed by atoms with Crippen molar-refractivity contribution in [2.75, 3.05) is 6.61 Å². The zero-order valence-corrected chi connectivity index (χ0v) is 8.34. The third-order valence-corrected chi connectivity index (χ3v) is 2.67. The highest BCUT2D eigenvalue weighted by atomic mass is 79.9. The van der Waals surface area contributed by atoms with Crippen LogP contribution in [0.2, 0.25) is 0 Å². The van der Waals surface area contributed by atoms with Gasteiger partial charge in [0.25, 0.3) is 0 Å². The van der Waals surface area contributed by atoms with Crippen molar-refractivity contribution in [3.8, 4) is 5.75 Å². The van der Waals surface area contributed by atoms with E-state index in [0.29, 0.717) is 28.8 Å². The van der Waals surface area contributed by atoms with Crippen molar-refractivity contribution in [2.45, 2.75) is 12.5 Å². The van der Waals surface area contributed by atoms with Crippen LogP contribution in [0.15, 0.2) is 16.6 Å². The molecule has 1 N–H and O–H groups in total. The quantitative estimate of drug-likeness (QED) is 0.762. The molecule has 1 aromatic carbocycles. The van der Waals surface area contributed by atoms with Crippen LogP contribution < -0.4 is 4.74 Å². The van der Waals surface area contributed by atoms with Gasteiger partial charge in [-0.05, 0) is 28.1 Å². The van der Waals surface area contributed by atoms with Gasteiger partial charge in [0.2, 0.25) is 0 Å². The number of hydrogen-bond acceptors (Lipinski definition) is 2. The van der Waals surface area contributed by atoms with Gasteiger partial charge in [-0.1, -0.05) is 0 Å². The number of fused-ring (bicyclic) bond motifs is 1. The Morgan fingerprint density at radius 3 is 3.08 bits per heavy atom. The Morgan fingerprint density at radius 2 is 2.31 bits per heavy atom. The lowest BCUT2D eigenvalue weighted by molar-refractivity contribution is 0.115. The summed E-state index contributed by atoms with van der Waals surface area (Å²) in [6.07, 6.45) is -0.0833. The Balaban J connectivity index is 2.52. The Morgan fingerprint density at radius 1 is 1.54 bits per heavy atom. The molecule has 1 atom stereocenters. The Bertz CT molecular complexity index is 341. The number of aliphatic hydroxyl groups is 1. The molecule has 0 unspecified atom stereocenters. The molecule has 13 heavy (non-hydrogen) atoms. The van der Waals surface area contributed by atoms with Crippen LogP contribution in [0.3, 0.4) is 0 Å². The van der Waals surface area contributed by atoms with E-state index in [1.165, 1.54) is 6.07 Å². The maximum absolute atomic E-state index is 13.1. The van der Waals surface area contributed by atoms with E-state index >= 15 is 0 Å².